The van der Waals surface area contributed by atoms with Crippen molar-refractivity contribution in [2.45, 2.75) is 16.0 Å². The Kier molecular flexibility index (Phi) is 9.37. The second-order valence-electron chi connectivity index (χ2n) is 8.91. The molecule has 0 unspecified atom stereocenters. The van der Waals surface area contributed by atoms with Gasteiger partial charge >= 0.3 is 6.18 Å². The Bertz CT molecular complexity index is 1670. The fourth-order valence-corrected chi connectivity index (χ4v) is 7.22. The van der Waals surface area contributed by atoms with Crippen molar-refractivity contribution in [3.8, 4) is 5.75 Å². The van der Waals surface area contributed by atoms with E-state index >= 15 is 0 Å². The third-order valence-electron chi connectivity index (χ3n) is 6.21. The SMILES string of the molecule is COc1ccc(S(=O)(=O)N2CCOCC2)cc1NC(=O)CN(c1ccc(Cl)c(C(F)(F)F)c1)S(=O)(=O)c1ccccc1. The molecule has 1 amide bonds. The van der Waals surface area contributed by atoms with E-state index in [1.807, 2.05) is 0 Å². The number of halogens is 4. The first-order valence-electron chi connectivity index (χ1n) is 12.3. The highest BCUT2D eigenvalue weighted by molar-refractivity contribution is 7.92. The molecule has 0 bridgehead atoms. The summed E-state index contributed by atoms with van der Waals surface area (Å²) in [7, 11) is -7.26. The molecule has 1 aliphatic rings. The van der Waals surface area contributed by atoms with Crippen molar-refractivity contribution < 1.29 is 44.3 Å². The van der Waals surface area contributed by atoms with E-state index in [2.05, 4.69) is 5.32 Å². The molecule has 42 heavy (non-hydrogen) atoms. The summed E-state index contributed by atoms with van der Waals surface area (Å²) in [5.41, 5.74) is -1.86. The number of sulfonamides is 2. The molecule has 10 nitrogen and oxygen atoms in total. The minimum Gasteiger partial charge on any atom is -0.495 e. The highest BCUT2D eigenvalue weighted by Crippen LogP contribution is 2.38. The minimum atomic E-state index is -4.91. The van der Waals surface area contributed by atoms with Crippen molar-refractivity contribution in [3.05, 3.63) is 77.3 Å². The molecule has 0 atom stereocenters. The molecule has 0 radical (unpaired) electrons. The molecule has 1 heterocycles. The maximum Gasteiger partial charge on any atom is 0.417 e. The zero-order valence-corrected chi connectivity index (χ0v) is 24.4. The van der Waals surface area contributed by atoms with E-state index < -0.39 is 54.9 Å². The highest BCUT2D eigenvalue weighted by Gasteiger charge is 2.36. The van der Waals surface area contributed by atoms with E-state index in [0.29, 0.717) is 10.4 Å². The van der Waals surface area contributed by atoms with Gasteiger partial charge in [-0.3, -0.25) is 9.10 Å². The third-order valence-corrected chi connectivity index (χ3v) is 10.2. The smallest absolute Gasteiger partial charge is 0.417 e. The van der Waals surface area contributed by atoms with Crippen LogP contribution in [0.4, 0.5) is 24.5 Å². The van der Waals surface area contributed by atoms with Crippen molar-refractivity contribution in [2.75, 3.05) is 49.6 Å². The first kappa shape index (κ1) is 31.6. The van der Waals surface area contributed by atoms with Gasteiger partial charge in [0.1, 0.15) is 12.3 Å². The molecular weight excluding hydrogens is 623 g/mol. The highest BCUT2D eigenvalue weighted by atomic mass is 35.5. The lowest BCUT2D eigenvalue weighted by Crippen LogP contribution is -2.40. The lowest BCUT2D eigenvalue weighted by molar-refractivity contribution is -0.137. The summed E-state index contributed by atoms with van der Waals surface area (Å²) >= 11 is 5.73. The number of anilines is 2. The van der Waals surface area contributed by atoms with Crippen molar-refractivity contribution >= 4 is 48.9 Å². The lowest BCUT2D eigenvalue weighted by atomic mass is 10.2. The standard InChI is InChI=1S/C26H25ClF3N3O7S2/c1-39-24-10-8-20(41(35,36)32-11-13-40-14-12-32)16-23(24)31-25(34)17-33(42(37,38)19-5-3-2-4-6-19)18-7-9-22(27)21(15-18)26(28,29)30/h2-10,15-16H,11-14,17H2,1H3,(H,31,34). The molecule has 1 aliphatic heterocycles. The van der Waals surface area contributed by atoms with Gasteiger partial charge in [0.05, 0.1) is 52.1 Å². The van der Waals surface area contributed by atoms with Gasteiger partial charge in [0.15, 0.2) is 0 Å². The summed E-state index contributed by atoms with van der Waals surface area (Å²) in [5.74, 6) is -0.926. The predicted molar refractivity (Wildman–Crippen MR) is 149 cm³/mol. The van der Waals surface area contributed by atoms with Crippen molar-refractivity contribution in [1.29, 1.82) is 0 Å². The maximum atomic E-state index is 13.6. The monoisotopic (exact) mass is 647 g/mol. The summed E-state index contributed by atoms with van der Waals surface area (Å²) in [6.45, 7) is -0.288. The number of rotatable bonds is 9. The molecule has 4 rings (SSSR count). The number of hydrogen-bond acceptors (Lipinski definition) is 7. The number of methoxy groups -OCH3 is 1. The number of amides is 1. The Morgan fingerprint density at radius 1 is 1.00 bits per heavy atom. The number of benzene rings is 3. The van der Waals surface area contributed by atoms with E-state index in [0.717, 1.165) is 18.2 Å². The van der Waals surface area contributed by atoms with Gasteiger partial charge in [-0.05, 0) is 48.5 Å². The predicted octanol–water partition coefficient (Wildman–Crippen LogP) is 4.22. The van der Waals surface area contributed by atoms with Gasteiger partial charge in [0.2, 0.25) is 15.9 Å². The summed E-state index contributed by atoms with van der Waals surface area (Å²) in [4.78, 5) is 12.8. The number of carbonyl (C=O) groups is 1. The van der Waals surface area contributed by atoms with Crippen molar-refractivity contribution in [2.24, 2.45) is 0 Å². The van der Waals surface area contributed by atoms with Crippen LogP contribution in [0.5, 0.6) is 5.75 Å². The number of nitrogens with one attached hydrogen (secondary N) is 1. The minimum absolute atomic E-state index is 0.0626. The zero-order valence-electron chi connectivity index (χ0n) is 22.0. The second kappa shape index (κ2) is 12.5. The number of carbonyl (C=O) groups excluding carboxylic acids is 1. The van der Waals surface area contributed by atoms with Gasteiger partial charge < -0.3 is 14.8 Å². The van der Waals surface area contributed by atoms with Crippen LogP contribution in [-0.4, -0.2) is 67.0 Å². The number of morpholine rings is 1. The van der Waals surface area contributed by atoms with Crippen LogP contribution in [0, 0.1) is 0 Å². The number of ether oxygens (including phenoxy) is 2. The first-order valence-corrected chi connectivity index (χ1v) is 15.5. The van der Waals surface area contributed by atoms with Crippen LogP contribution >= 0.6 is 11.6 Å². The Balaban J connectivity index is 1.71. The fourth-order valence-electron chi connectivity index (χ4n) is 4.12. The molecule has 226 valence electrons. The summed E-state index contributed by atoms with van der Waals surface area (Å²) in [6, 6.07) is 13.0. The zero-order chi connectivity index (χ0) is 30.7. The van der Waals surface area contributed by atoms with Gasteiger partial charge in [-0.25, -0.2) is 16.8 Å². The Morgan fingerprint density at radius 2 is 1.67 bits per heavy atom. The van der Waals surface area contributed by atoms with E-state index in [9.17, 15) is 34.8 Å². The molecule has 3 aromatic rings. The van der Waals surface area contributed by atoms with Gasteiger partial charge in [-0.1, -0.05) is 29.8 Å². The van der Waals surface area contributed by atoms with Crippen LogP contribution in [0.15, 0.2) is 76.5 Å². The van der Waals surface area contributed by atoms with Gasteiger partial charge in [0.25, 0.3) is 10.0 Å². The number of alkyl halides is 3. The quantitative estimate of drug-likeness (QED) is 0.369. The van der Waals surface area contributed by atoms with Gasteiger partial charge in [0, 0.05) is 13.1 Å². The molecule has 0 aliphatic carbocycles. The van der Waals surface area contributed by atoms with Crippen LogP contribution in [0.25, 0.3) is 0 Å². The summed E-state index contributed by atoms with van der Waals surface area (Å²) < 4.78 is 106. The molecule has 1 saturated heterocycles. The Labute approximate surface area is 245 Å². The number of hydrogen-bond donors (Lipinski definition) is 1. The summed E-state index contributed by atoms with van der Waals surface area (Å²) in [6.07, 6.45) is -4.91. The fraction of sp³-hybridized carbons (Fsp3) is 0.269. The average molecular weight is 648 g/mol. The lowest BCUT2D eigenvalue weighted by Gasteiger charge is -2.26. The molecule has 1 fully saturated rings. The molecule has 1 N–H and O–H groups in total. The van der Waals surface area contributed by atoms with E-state index in [1.54, 1.807) is 6.07 Å². The Hall–Kier alpha value is -3.37. The largest absolute Gasteiger partial charge is 0.495 e. The number of nitrogens with zero attached hydrogens (tertiary/aromatic N) is 2. The second-order valence-corrected chi connectivity index (χ2v) is 13.1. The maximum absolute atomic E-state index is 13.6. The van der Waals surface area contributed by atoms with Crippen LogP contribution in [-0.2, 0) is 35.8 Å². The van der Waals surface area contributed by atoms with Crippen LogP contribution in [0.1, 0.15) is 5.56 Å². The van der Waals surface area contributed by atoms with Crippen LogP contribution in [0.3, 0.4) is 0 Å². The normalized spacial score (nSPS) is 14.8. The van der Waals surface area contributed by atoms with Crippen LogP contribution in [0.2, 0.25) is 5.02 Å². The molecule has 0 aromatic heterocycles. The van der Waals surface area contributed by atoms with Crippen LogP contribution < -0.4 is 14.4 Å². The van der Waals surface area contributed by atoms with Gasteiger partial charge in [-0.15, -0.1) is 0 Å². The van der Waals surface area contributed by atoms with E-state index in [4.69, 9.17) is 21.1 Å². The third kappa shape index (κ3) is 6.81. The van der Waals surface area contributed by atoms with E-state index in [-0.39, 0.29) is 47.5 Å². The molecule has 16 heteroatoms. The summed E-state index contributed by atoms with van der Waals surface area (Å²) in [5, 5.41) is 1.77. The van der Waals surface area contributed by atoms with Crippen molar-refractivity contribution in [3.63, 3.8) is 0 Å². The molecule has 0 spiro atoms. The first-order chi connectivity index (χ1) is 19.7. The molecule has 0 saturated carbocycles. The topological polar surface area (TPSA) is 122 Å². The average Bonchev–Trinajstić information content (AvgIpc) is 2.96. The Morgan fingerprint density at radius 3 is 2.29 bits per heavy atom. The van der Waals surface area contributed by atoms with E-state index in [1.165, 1.54) is 47.8 Å². The van der Waals surface area contributed by atoms with Crippen molar-refractivity contribution in [1.82, 2.24) is 4.31 Å². The molecule has 3 aromatic carbocycles. The molecular formula is C26H25ClF3N3O7S2. The van der Waals surface area contributed by atoms with Gasteiger partial charge in [-0.2, -0.15) is 17.5 Å².